The van der Waals surface area contributed by atoms with Crippen LogP contribution in [0.25, 0.3) is 0 Å². The molecular formula is C10H19ClN2O3. The van der Waals surface area contributed by atoms with Gasteiger partial charge in [-0.1, -0.05) is 30.6 Å². The molecule has 3 N–H and O–H groups in total. The van der Waals surface area contributed by atoms with E-state index in [-0.39, 0.29) is 11.1 Å². The number of rotatable bonds is 3. The van der Waals surface area contributed by atoms with Crippen molar-refractivity contribution < 1.29 is 14.7 Å². The Labute approximate surface area is 101 Å². The van der Waals surface area contributed by atoms with Crippen LogP contribution < -0.4 is 5.73 Å². The lowest BCUT2D eigenvalue weighted by Crippen LogP contribution is -2.59. The van der Waals surface area contributed by atoms with Crippen LogP contribution in [0.1, 0.15) is 34.6 Å². The first-order valence-corrected chi connectivity index (χ1v) is 5.33. The minimum absolute atomic E-state index is 0.356. The maximum Gasteiger partial charge on any atom is 0.334 e. The Morgan fingerprint density at radius 1 is 1.44 bits per heavy atom. The zero-order valence-electron chi connectivity index (χ0n) is 10.2. The Kier molecular flexibility index (Phi) is 4.76. The smallest absolute Gasteiger partial charge is 0.334 e. The van der Waals surface area contributed by atoms with Crippen molar-refractivity contribution in [1.82, 2.24) is 0 Å². The average Bonchev–Trinajstić information content (AvgIpc) is 2.11. The van der Waals surface area contributed by atoms with Crippen LogP contribution in [0.3, 0.4) is 0 Å². The first kappa shape index (κ1) is 15.2. The maximum atomic E-state index is 11.9. The molecule has 0 fully saturated rings. The second-order valence-corrected chi connectivity index (χ2v) is 5.27. The monoisotopic (exact) mass is 250 g/mol. The van der Waals surface area contributed by atoms with Gasteiger partial charge in [0.25, 0.3) is 0 Å². The number of carbonyl (C=O) groups excluding carboxylic acids is 1. The fourth-order valence-electron chi connectivity index (χ4n) is 1.00. The largest absolute Gasteiger partial charge is 0.458 e. The number of halogens is 1. The summed E-state index contributed by atoms with van der Waals surface area (Å²) < 4.78 is 5.15. The number of nitrogens with zero attached hydrogens (tertiary/aromatic N) is 1. The third-order valence-electron chi connectivity index (χ3n) is 2.08. The summed E-state index contributed by atoms with van der Waals surface area (Å²) in [4.78, 5) is 11.9. The molecule has 0 aromatic heterocycles. The first-order chi connectivity index (χ1) is 7.05. The van der Waals surface area contributed by atoms with Gasteiger partial charge in [0.05, 0.1) is 0 Å². The van der Waals surface area contributed by atoms with Crippen molar-refractivity contribution in [1.29, 1.82) is 0 Å². The molecule has 94 valence electrons. The number of hydrogen-bond donors (Lipinski definition) is 2. The van der Waals surface area contributed by atoms with Crippen LogP contribution in [0.5, 0.6) is 0 Å². The van der Waals surface area contributed by atoms with Crippen LogP contribution in [0.4, 0.5) is 0 Å². The second kappa shape index (κ2) is 5.01. The highest BCUT2D eigenvalue weighted by molar-refractivity contribution is 6.69. The molecule has 0 aromatic rings. The molecule has 0 unspecified atom stereocenters. The highest BCUT2D eigenvalue weighted by atomic mass is 35.5. The molecule has 0 heterocycles. The van der Waals surface area contributed by atoms with E-state index < -0.39 is 17.1 Å². The van der Waals surface area contributed by atoms with E-state index in [4.69, 9.17) is 27.3 Å². The van der Waals surface area contributed by atoms with Gasteiger partial charge in [0, 0.05) is 0 Å². The van der Waals surface area contributed by atoms with E-state index in [9.17, 15) is 4.79 Å². The topological polar surface area (TPSA) is 84.9 Å². The fourth-order valence-corrected chi connectivity index (χ4v) is 1.30. The lowest BCUT2D eigenvalue weighted by molar-refractivity contribution is -0.160. The van der Waals surface area contributed by atoms with Gasteiger partial charge in [0.1, 0.15) is 5.60 Å². The normalized spacial score (nSPS) is 17.1. The van der Waals surface area contributed by atoms with E-state index in [1.165, 1.54) is 0 Å². The molecule has 0 aliphatic carbocycles. The summed E-state index contributed by atoms with van der Waals surface area (Å²) in [5, 5.41) is 11.0. The molecule has 0 radical (unpaired) electrons. The molecule has 1 atom stereocenters. The number of oxime groups is 1. The van der Waals surface area contributed by atoms with E-state index in [1.807, 2.05) is 0 Å². The molecule has 0 spiro atoms. The fraction of sp³-hybridized carbons (Fsp3) is 0.800. The van der Waals surface area contributed by atoms with Crippen LogP contribution in [-0.4, -0.2) is 27.5 Å². The molecular weight excluding hydrogens is 232 g/mol. The van der Waals surface area contributed by atoms with Gasteiger partial charge in [-0.25, -0.2) is 4.79 Å². The number of ether oxygens (including phenoxy) is 1. The van der Waals surface area contributed by atoms with Gasteiger partial charge in [0.2, 0.25) is 0 Å². The third-order valence-corrected chi connectivity index (χ3v) is 2.46. The molecule has 6 heteroatoms. The summed E-state index contributed by atoms with van der Waals surface area (Å²) in [5.74, 6) is -1.07. The quantitative estimate of drug-likeness (QED) is 0.346. The van der Waals surface area contributed by atoms with Crippen LogP contribution in [-0.2, 0) is 9.53 Å². The number of hydrogen-bond acceptors (Lipinski definition) is 5. The van der Waals surface area contributed by atoms with Crippen LogP contribution >= 0.6 is 11.6 Å². The van der Waals surface area contributed by atoms with E-state index >= 15 is 0 Å². The summed E-state index contributed by atoms with van der Waals surface area (Å²) in [6.45, 7) is 8.54. The van der Waals surface area contributed by atoms with Crippen molar-refractivity contribution in [2.75, 3.05) is 0 Å². The second-order valence-electron chi connectivity index (χ2n) is 4.92. The summed E-state index contributed by atoms with van der Waals surface area (Å²) in [7, 11) is 0. The van der Waals surface area contributed by atoms with Gasteiger partial charge in [-0.15, -0.1) is 0 Å². The molecule has 0 rings (SSSR count). The van der Waals surface area contributed by atoms with Gasteiger partial charge in [-0.05, 0) is 26.7 Å². The highest BCUT2D eigenvalue weighted by Crippen LogP contribution is 2.23. The molecule has 0 saturated carbocycles. The molecule has 0 bridgehead atoms. The minimum atomic E-state index is -1.62. The number of nitrogens with two attached hydrogens (primary N) is 1. The SMILES string of the molecule is CC(C)[C@](N)(C(=O)OC(C)(C)C)C(Cl)=NO. The maximum absolute atomic E-state index is 11.9. The van der Waals surface area contributed by atoms with Gasteiger partial charge in [-0.2, -0.15) is 0 Å². The van der Waals surface area contributed by atoms with Gasteiger partial charge < -0.3 is 15.7 Å². The Hall–Kier alpha value is -0.810. The molecule has 0 saturated heterocycles. The summed E-state index contributed by atoms with van der Waals surface area (Å²) in [6.07, 6.45) is 0. The van der Waals surface area contributed by atoms with Crippen molar-refractivity contribution in [2.45, 2.75) is 45.8 Å². The van der Waals surface area contributed by atoms with Gasteiger partial charge in [-0.3, -0.25) is 0 Å². The molecule has 0 amide bonds. The van der Waals surface area contributed by atoms with Crippen LogP contribution in [0.2, 0.25) is 0 Å². The Balaban J connectivity index is 5.16. The van der Waals surface area contributed by atoms with Crippen LogP contribution in [0, 0.1) is 5.92 Å². The van der Waals surface area contributed by atoms with E-state index in [0.29, 0.717) is 0 Å². The zero-order valence-corrected chi connectivity index (χ0v) is 11.0. The molecule has 16 heavy (non-hydrogen) atoms. The predicted octanol–water partition coefficient (Wildman–Crippen LogP) is 1.71. The molecule has 0 aromatic carbocycles. The van der Waals surface area contributed by atoms with Crippen LogP contribution in [0.15, 0.2) is 5.16 Å². The van der Waals surface area contributed by atoms with E-state index in [1.54, 1.807) is 34.6 Å². The Morgan fingerprint density at radius 3 is 2.12 bits per heavy atom. The average molecular weight is 251 g/mol. The molecule has 0 aliphatic heterocycles. The van der Waals surface area contributed by atoms with Gasteiger partial charge in [0.15, 0.2) is 10.7 Å². The lowest BCUT2D eigenvalue weighted by Gasteiger charge is -2.32. The number of esters is 1. The Bertz CT molecular complexity index is 297. The standard InChI is InChI=1S/C10H19ClN2O3/c1-6(2)10(12,7(11)13-15)8(14)16-9(3,4)5/h6,15H,12H2,1-5H3/t10-/m1/s1. The van der Waals surface area contributed by atoms with E-state index in [0.717, 1.165) is 0 Å². The van der Waals surface area contributed by atoms with Crippen molar-refractivity contribution in [3.63, 3.8) is 0 Å². The van der Waals surface area contributed by atoms with Crippen molar-refractivity contribution >= 4 is 22.7 Å². The predicted molar refractivity (Wildman–Crippen MR) is 62.7 cm³/mol. The summed E-state index contributed by atoms with van der Waals surface area (Å²) in [5.41, 5.74) is 3.55. The van der Waals surface area contributed by atoms with Crippen molar-refractivity contribution in [3.8, 4) is 0 Å². The molecule has 5 nitrogen and oxygen atoms in total. The zero-order chi connectivity index (χ0) is 13.1. The number of carbonyl (C=O) groups is 1. The summed E-state index contributed by atoms with van der Waals surface area (Å²) >= 11 is 5.67. The summed E-state index contributed by atoms with van der Waals surface area (Å²) in [6, 6.07) is 0. The van der Waals surface area contributed by atoms with Gasteiger partial charge >= 0.3 is 5.97 Å². The highest BCUT2D eigenvalue weighted by Gasteiger charge is 2.45. The lowest BCUT2D eigenvalue weighted by atomic mass is 9.88. The van der Waals surface area contributed by atoms with Crippen molar-refractivity contribution in [3.05, 3.63) is 0 Å². The van der Waals surface area contributed by atoms with E-state index in [2.05, 4.69) is 5.16 Å². The first-order valence-electron chi connectivity index (χ1n) is 4.96. The van der Waals surface area contributed by atoms with Crippen molar-refractivity contribution in [2.24, 2.45) is 16.8 Å². The Morgan fingerprint density at radius 2 is 1.88 bits per heavy atom. The molecule has 0 aliphatic rings. The minimum Gasteiger partial charge on any atom is -0.458 e. The third kappa shape index (κ3) is 3.35.